The van der Waals surface area contributed by atoms with Crippen molar-refractivity contribution in [1.29, 1.82) is 0 Å². The summed E-state index contributed by atoms with van der Waals surface area (Å²) < 4.78 is 12.4. The van der Waals surface area contributed by atoms with Gasteiger partial charge in [0.25, 0.3) is 0 Å². The lowest BCUT2D eigenvalue weighted by Crippen LogP contribution is -2.44. The summed E-state index contributed by atoms with van der Waals surface area (Å²) >= 11 is 3.74. The number of hydrogen-bond donors (Lipinski definition) is 0. The number of halogens is 1. The van der Waals surface area contributed by atoms with Crippen LogP contribution in [0.3, 0.4) is 0 Å². The molecule has 0 atom stereocenters. The number of benzene rings is 2. The Bertz CT molecular complexity index is 1360. The molecule has 1 heterocycles. The number of carbonyl (C=O) groups is 2. The first kappa shape index (κ1) is 29.8. The maximum absolute atomic E-state index is 14.0. The van der Waals surface area contributed by atoms with Crippen LogP contribution in [0.2, 0.25) is 0 Å². The summed E-state index contributed by atoms with van der Waals surface area (Å²) in [5, 5.41) is 0. The van der Waals surface area contributed by atoms with E-state index in [0.717, 1.165) is 69.7 Å². The first-order valence-electron chi connectivity index (χ1n) is 14.7. The largest absolute Gasteiger partial charge is 0.488 e. The Balaban J connectivity index is 1.58. The van der Waals surface area contributed by atoms with E-state index < -0.39 is 0 Å². The lowest BCUT2D eigenvalue weighted by molar-refractivity contribution is -0.119. The van der Waals surface area contributed by atoms with E-state index in [0.29, 0.717) is 26.1 Å². The zero-order valence-corrected chi connectivity index (χ0v) is 26.8. The second-order valence-corrected chi connectivity index (χ2v) is 14.4. The Hall–Kier alpha value is -2.70. The summed E-state index contributed by atoms with van der Waals surface area (Å²) in [6.07, 6.45) is 3.41. The zero-order valence-electron chi connectivity index (χ0n) is 25.2. The summed E-state index contributed by atoms with van der Waals surface area (Å²) in [7, 11) is 1.72. The van der Waals surface area contributed by atoms with Gasteiger partial charge in [0.15, 0.2) is 11.6 Å². The normalized spacial score (nSPS) is 20.3. The van der Waals surface area contributed by atoms with Gasteiger partial charge in [-0.2, -0.15) is 0 Å². The molecule has 0 N–H and O–H groups in total. The van der Waals surface area contributed by atoms with Crippen molar-refractivity contribution in [3.05, 3.63) is 86.2 Å². The van der Waals surface area contributed by atoms with E-state index in [1.165, 1.54) is 5.56 Å². The fourth-order valence-electron chi connectivity index (χ4n) is 6.68. The maximum atomic E-state index is 14.0. The van der Waals surface area contributed by atoms with Crippen LogP contribution in [-0.2, 0) is 20.9 Å². The van der Waals surface area contributed by atoms with E-state index in [9.17, 15) is 9.59 Å². The number of ketones is 2. The predicted octanol–water partition coefficient (Wildman–Crippen LogP) is 8.06. The number of allylic oxidation sites excluding steroid dienone is 4. The molecule has 2 aromatic carbocycles. The van der Waals surface area contributed by atoms with E-state index in [2.05, 4.69) is 79.7 Å². The van der Waals surface area contributed by atoms with Gasteiger partial charge in [-0.1, -0.05) is 63.6 Å². The molecule has 0 unspecified atom stereocenters. The average Bonchev–Trinajstić information content (AvgIpc) is 2.88. The molecular formula is C35H42BrNO4. The van der Waals surface area contributed by atoms with Gasteiger partial charge in [0.2, 0.25) is 0 Å². The highest BCUT2D eigenvalue weighted by molar-refractivity contribution is 9.10. The van der Waals surface area contributed by atoms with Crippen LogP contribution in [0.15, 0.2) is 69.5 Å². The second kappa shape index (κ2) is 11.5. The van der Waals surface area contributed by atoms with Gasteiger partial charge in [-0.25, -0.2) is 0 Å². The van der Waals surface area contributed by atoms with Crippen molar-refractivity contribution in [2.75, 3.05) is 20.3 Å². The zero-order chi connectivity index (χ0) is 29.5. The Morgan fingerprint density at radius 3 is 2.00 bits per heavy atom. The first-order valence-corrected chi connectivity index (χ1v) is 15.5. The van der Waals surface area contributed by atoms with Gasteiger partial charge in [-0.3, -0.25) is 9.59 Å². The van der Waals surface area contributed by atoms with Crippen LogP contribution < -0.4 is 4.74 Å². The molecule has 5 rings (SSSR count). The Morgan fingerprint density at radius 2 is 1.46 bits per heavy atom. The summed E-state index contributed by atoms with van der Waals surface area (Å²) in [5.74, 6) is 0.672. The first-order chi connectivity index (χ1) is 19.4. The summed E-state index contributed by atoms with van der Waals surface area (Å²) in [5.41, 5.74) is 6.77. The number of carbonyl (C=O) groups excluding carboxylic acids is 2. The highest BCUT2D eigenvalue weighted by Crippen LogP contribution is 2.54. The molecular weight excluding hydrogens is 578 g/mol. The topological polar surface area (TPSA) is 55.8 Å². The number of nitrogens with zero attached hydrogens (tertiary/aromatic N) is 1. The smallest absolute Gasteiger partial charge is 0.162 e. The standard InChI is InChI=1S/C35H42BrNO4/c1-22-8-10-23(11-9-22)21-41-30-13-12-24(16-25(30)36)31-32-26(17-34(2,3)19-28(32)38)37(14-7-15-40-6)27-18-35(4,5)20-29(39)33(27)31/h8-13,16,31H,7,14-15,17-21H2,1-6H3. The summed E-state index contributed by atoms with van der Waals surface area (Å²) in [6, 6.07) is 14.4. The molecule has 0 amide bonds. The minimum atomic E-state index is -0.367. The molecule has 0 radical (unpaired) electrons. The lowest BCUT2D eigenvalue weighted by Gasteiger charge is -2.49. The number of ether oxygens (including phenoxy) is 2. The van der Waals surface area contributed by atoms with Gasteiger partial charge in [-0.05, 0) is 76.2 Å². The molecule has 0 bridgehead atoms. The molecule has 1 aliphatic heterocycles. The van der Waals surface area contributed by atoms with Crippen molar-refractivity contribution >= 4 is 27.5 Å². The molecule has 0 saturated carbocycles. The Morgan fingerprint density at radius 1 is 0.878 bits per heavy atom. The monoisotopic (exact) mass is 619 g/mol. The van der Waals surface area contributed by atoms with E-state index in [4.69, 9.17) is 9.47 Å². The summed E-state index contributed by atoms with van der Waals surface area (Å²) in [4.78, 5) is 30.3. The number of rotatable bonds is 8. The Kier molecular flexibility index (Phi) is 8.37. The maximum Gasteiger partial charge on any atom is 0.162 e. The number of hydrogen-bond acceptors (Lipinski definition) is 5. The third-order valence-corrected chi connectivity index (χ3v) is 9.18. The van der Waals surface area contributed by atoms with Gasteiger partial charge in [0, 0.05) is 61.6 Å². The Labute approximate surface area is 253 Å². The third kappa shape index (κ3) is 6.24. The van der Waals surface area contributed by atoms with Gasteiger partial charge in [-0.15, -0.1) is 0 Å². The van der Waals surface area contributed by atoms with Gasteiger partial charge in [0.1, 0.15) is 12.4 Å². The molecule has 41 heavy (non-hydrogen) atoms. The fraction of sp³-hybridized carbons (Fsp3) is 0.486. The quantitative estimate of drug-likeness (QED) is 0.280. The van der Waals surface area contributed by atoms with Crippen LogP contribution in [0, 0.1) is 17.8 Å². The van der Waals surface area contributed by atoms with Crippen molar-refractivity contribution in [3.8, 4) is 5.75 Å². The molecule has 5 nitrogen and oxygen atoms in total. The van der Waals surface area contributed by atoms with Crippen LogP contribution in [-0.4, -0.2) is 36.7 Å². The van der Waals surface area contributed by atoms with E-state index in [1.54, 1.807) is 7.11 Å². The van der Waals surface area contributed by atoms with Gasteiger partial charge in [0.05, 0.1) is 4.47 Å². The highest BCUT2D eigenvalue weighted by Gasteiger charge is 2.48. The average molecular weight is 621 g/mol. The van der Waals surface area contributed by atoms with Crippen molar-refractivity contribution in [3.63, 3.8) is 0 Å². The molecule has 218 valence electrons. The number of aryl methyl sites for hydroxylation is 1. The third-order valence-electron chi connectivity index (χ3n) is 8.56. The fourth-order valence-corrected chi connectivity index (χ4v) is 7.19. The minimum Gasteiger partial charge on any atom is -0.488 e. The van der Waals surface area contributed by atoms with Crippen molar-refractivity contribution in [1.82, 2.24) is 4.90 Å². The number of methoxy groups -OCH3 is 1. The minimum absolute atomic E-state index is 0.138. The van der Waals surface area contributed by atoms with E-state index >= 15 is 0 Å². The van der Waals surface area contributed by atoms with Crippen LogP contribution in [0.4, 0.5) is 0 Å². The second-order valence-electron chi connectivity index (χ2n) is 13.5. The van der Waals surface area contributed by atoms with E-state index in [-0.39, 0.29) is 28.3 Å². The van der Waals surface area contributed by atoms with Crippen molar-refractivity contribution in [2.24, 2.45) is 10.8 Å². The number of Topliss-reactive ketones (excluding diaryl/α,β-unsaturated/α-hetero) is 2. The van der Waals surface area contributed by atoms with Gasteiger partial charge >= 0.3 is 0 Å². The van der Waals surface area contributed by atoms with Crippen molar-refractivity contribution in [2.45, 2.75) is 79.2 Å². The highest BCUT2D eigenvalue weighted by atomic mass is 79.9. The molecule has 0 aromatic heterocycles. The molecule has 2 aromatic rings. The molecule has 0 spiro atoms. The lowest BCUT2D eigenvalue weighted by atomic mass is 9.63. The molecule has 2 aliphatic carbocycles. The summed E-state index contributed by atoms with van der Waals surface area (Å²) in [6.45, 7) is 12.6. The molecule has 0 saturated heterocycles. The molecule has 3 aliphatic rings. The van der Waals surface area contributed by atoms with Crippen LogP contribution in [0.25, 0.3) is 0 Å². The molecule has 6 heteroatoms. The van der Waals surface area contributed by atoms with Crippen molar-refractivity contribution < 1.29 is 19.1 Å². The predicted molar refractivity (Wildman–Crippen MR) is 166 cm³/mol. The van der Waals surface area contributed by atoms with E-state index in [1.807, 2.05) is 18.2 Å². The van der Waals surface area contributed by atoms with Crippen LogP contribution >= 0.6 is 15.9 Å². The molecule has 0 fully saturated rings. The van der Waals surface area contributed by atoms with Gasteiger partial charge < -0.3 is 14.4 Å². The van der Waals surface area contributed by atoms with Crippen LogP contribution in [0.5, 0.6) is 5.75 Å². The SMILES string of the molecule is COCCCN1C2=C(C(=O)CC(C)(C)C2)C(c2ccc(OCc3ccc(C)cc3)c(Br)c2)C2=C1CC(C)(C)CC2=O. The van der Waals surface area contributed by atoms with Crippen LogP contribution in [0.1, 0.15) is 82.4 Å².